The summed E-state index contributed by atoms with van der Waals surface area (Å²) in [5.41, 5.74) is 6.88. The van der Waals surface area contributed by atoms with Gasteiger partial charge in [-0.3, -0.25) is 9.59 Å². The Morgan fingerprint density at radius 3 is 3.04 bits per heavy atom. The molecule has 1 amide bonds. The van der Waals surface area contributed by atoms with Gasteiger partial charge in [0.25, 0.3) is 5.56 Å². The third kappa shape index (κ3) is 4.34. The SMILES string of the molecule is Cl.NCC1CCN(C(=O)CCSCc2nc3sc4c(c3c(=O)[nH]2)CCC4)C1. The van der Waals surface area contributed by atoms with E-state index in [0.717, 1.165) is 54.7 Å². The molecule has 1 saturated heterocycles. The molecule has 2 aliphatic rings. The number of amides is 1. The minimum Gasteiger partial charge on any atom is -0.342 e. The van der Waals surface area contributed by atoms with Crippen molar-refractivity contribution in [2.24, 2.45) is 11.7 Å². The number of hydrogen-bond donors (Lipinski definition) is 2. The Labute approximate surface area is 172 Å². The molecule has 9 heteroatoms. The van der Waals surface area contributed by atoms with Crippen LogP contribution in [0.2, 0.25) is 0 Å². The van der Waals surface area contributed by atoms with Crippen molar-refractivity contribution in [1.82, 2.24) is 14.9 Å². The van der Waals surface area contributed by atoms with Crippen LogP contribution in [0.25, 0.3) is 10.2 Å². The molecule has 0 saturated carbocycles. The Balaban J connectivity index is 0.00000210. The van der Waals surface area contributed by atoms with Gasteiger partial charge in [-0.05, 0) is 43.7 Å². The summed E-state index contributed by atoms with van der Waals surface area (Å²) in [4.78, 5) is 36.4. The van der Waals surface area contributed by atoms with Gasteiger partial charge in [-0.15, -0.1) is 23.7 Å². The minimum absolute atomic E-state index is 0. The number of rotatable bonds is 6. The topological polar surface area (TPSA) is 92.1 Å². The Morgan fingerprint density at radius 1 is 1.41 bits per heavy atom. The van der Waals surface area contributed by atoms with Gasteiger partial charge in [0.2, 0.25) is 5.91 Å². The van der Waals surface area contributed by atoms with Crippen molar-refractivity contribution in [3.8, 4) is 0 Å². The van der Waals surface area contributed by atoms with Crippen LogP contribution in [0, 0.1) is 5.92 Å². The zero-order valence-electron chi connectivity index (χ0n) is 15.2. The third-order valence-corrected chi connectivity index (χ3v) is 7.45. The van der Waals surface area contributed by atoms with Crippen molar-refractivity contribution < 1.29 is 4.79 Å². The molecule has 6 nitrogen and oxygen atoms in total. The summed E-state index contributed by atoms with van der Waals surface area (Å²) in [5.74, 6) is 2.75. The van der Waals surface area contributed by atoms with Crippen LogP contribution in [0.4, 0.5) is 0 Å². The number of fused-ring (bicyclic) bond motifs is 3. The molecule has 3 N–H and O–H groups in total. The van der Waals surface area contributed by atoms with Crippen molar-refractivity contribution in [2.75, 3.05) is 25.4 Å². The average Bonchev–Trinajstić information content (AvgIpc) is 3.33. The standard InChI is InChI=1S/C18H24N4O2S2.ClH/c19-8-11-4-6-22(9-11)15(23)5-7-25-10-14-20-17(24)16-12-2-1-3-13(12)26-18(16)21-14;/h11H,1-10,19H2,(H,20,21,24);1H. The van der Waals surface area contributed by atoms with Crippen LogP contribution in [-0.2, 0) is 23.4 Å². The maximum atomic E-state index is 12.4. The molecule has 1 unspecified atom stereocenters. The average molecular weight is 429 g/mol. The number of halogens is 1. The smallest absolute Gasteiger partial charge is 0.259 e. The molecule has 2 aromatic rings. The van der Waals surface area contributed by atoms with E-state index in [1.807, 2.05) is 4.90 Å². The number of thiophene rings is 1. The Morgan fingerprint density at radius 2 is 2.26 bits per heavy atom. The predicted octanol–water partition coefficient (Wildman–Crippen LogP) is 2.33. The second kappa shape index (κ2) is 8.94. The van der Waals surface area contributed by atoms with Gasteiger partial charge in [0.15, 0.2) is 0 Å². The van der Waals surface area contributed by atoms with Crippen LogP contribution in [0.1, 0.15) is 35.5 Å². The van der Waals surface area contributed by atoms with Crippen molar-refractivity contribution in [2.45, 2.75) is 37.9 Å². The summed E-state index contributed by atoms with van der Waals surface area (Å²) in [5, 5.41) is 0.801. The molecular formula is C18H25ClN4O2S2. The van der Waals surface area contributed by atoms with Crippen molar-refractivity contribution >= 4 is 51.6 Å². The largest absolute Gasteiger partial charge is 0.342 e. The molecular weight excluding hydrogens is 404 g/mol. The van der Waals surface area contributed by atoms with E-state index in [4.69, 9.17) is 5.73 Å². The van der Waals surface area contributed by atoms with Crippen LogP contribution >= 0.6 is 35.5 Å². The number of nitrogens with two attached hydrogens (primary N) is 1. The summed E-state index contributed by atoms with van der Waals surface area (Å²) in [6, 6.07) is 0. The van der Waals surface area contributed by atoms with Crippen LogP contribution in [0.3, 0.4) is 0 Å². The van der Waals surface area contributed by atoms with E-state index >= 15 is 0 Å². The van der Waals surface area contributed by atoms with Crippen molar-refractivity contribution in [3.05, 3.63) is 26.6 Å². The number of likely N-dealkylation sites (tertiary alicyclic amines) is 1. The highest BCUT2D eigenvalue weighted by molar-refractivity contribution is 7.98. The van der Waals surface area contributed by atoms with E-state index in [1.54, 1.807) is 23.1 Å². The van der Waals surface area contributed by atoms with E-state index in [1.165, 1.54) is 10.4 Å². The minimum atomic E-state index is -0.00836. The third-order valence-electron chi connectivity index (χ3n) is 5.30. The molecule has 0 aromatic carbocycles. The highest BCUT2D eigenvalue weighted by atomic mass is 35.5. The zero-order valence-corrected chi connectivity index (χ0v) is 17.6. The summed E-state index contributed by atoms with van der Waals surface area (Å²) in [6.07, 6.45) is 4.76. The fourth-order valence-corrected chi connectivity index (χ4v) is 5.93. The first kappa shape index (κ1) is 20.6. The van der Waals surface area contributed by atoms with Crippen molar-refractivity contribution in [1.29, 1.82) is 0 Å². The first-order valence-corrected chi connectivity index (χ1v) is 11.2. The van der Waals surface area contributed by atoms with Gasteiger partial charge < -0.3 is 15.6 Å². The Hall–Kier alpha value is -1.09. The fourth-order valence-electron chi connectivity index (χ4n) is 3.85. The lowest BCUT2D eigenvalue weighted by atomic mass is 10.1. The Kier molecular flexibility index (Phi) is 6.83. The summed E-state index contributed by atoms with van der Waals surface area (Å²) >= 11 is 3.31. The number of H-pyrrole nitrogens is 1. The second-order valence-corrected chi connectivity index (χ2v) is 9.27. The van der Waals surface area contributed by atoms with Crippen molar-refractivity contribution in [3.63, 3.8) is 0 Å². The zero-order chi connectivity index (χ0) is 18.1. The summed E-state index contributed by atoms with van der Waals surface area (Å²) < 4.78 is 0. The number of aromatic amines is 1. The van der Waals surface area contributed by atoms with E-state index in [9.17, 15) is 9.59 Å². The Bertz CT molecular complexity index is 882. The first-order chi connectivity index (χ1) is 12.7. The number of nitrogens with zero attached hydrogens (tertiary/aromatic N) is 2. The lowest BCUT2D eigenvalue weighted by Crippen LogP contribution is -2.30. The molecule has 0 spiro atoms. The predicted molar refractivity (Wildman–Crippen MR) is 114 cm³/mol. The van der Waals surface area contributed by atoms with E-state index in [-0.39, 0.29) is 23.9 Å². The van der Waals surface area contributed by atoms with Crippen LogP contribution in [0.5, 0.6) is 0 Å². The molecule has 0 bridgehead atoms. The maximum absolute atomic E-state index is 12.4. The number of aromatic nitrogens is 2. The molecule has 2 aromatic heterocycles. The summed E-state index contributed by atoms with van der Waals surface area (Å²) in [7, 11) is 0. The number of aryl methyl sites for hydroxylation is 2. The number of hydrogen-bond acceptors (Lipinski definition) is 6. The lowest BCUT2D eigenvalue weighted by molar-refractivity contribution is -0.129. The van der Waals surface area contributed by atoms with Crippen LogP contribution in [0.15, 0.2) is 4.79 Å². The van der Waals surface area contributed by atoms with Gasteiger partial charge in [-0.2, -0.15) is 11.8 Å². The fraction of sp³-hybridized carbons (Fsp3) is 0.611. The molecule has 0 radical (unpaired) electrons. The van der Waals surface area contributed by atoms with E-state index < -0.39 is 0 Å². The van der Waals surface area contributed by atoms with Gasteiger partial charge in [0, 0.05) is 30.1 Å². The molecule has 3 heterocycles. The van der Waals surface area contributed by atoms with Gasteiger partial charge in [0.1, 0.15) is 10.7 Å². The highest BCUT2D eigenvalue weighted by Crippen LogP contribution is 2.34. The molecule has 4 rings (SSSR count). The number of carbonyl (C=O) groups excluding carboxylic acids is 1. The molecule has 1 aliphatic carbocycles. The quantitative estimate of drug-likeness (QED) is 0.689. The maximum Gasteiger partial charge on any atom is 0.259 e. The van der Waals surface area contributed by atoms with Gasteiger partial charge >= 0.3 is 0 Å². The molecule has 27 heavy (non-hydrogen) atoms. The first-order valence-electron chi connectivity index (χ1n) is 9.24. The normalized spacial score (nSPS) is 18.7. The molecule has 1 atom stereocenters. The lowest BCUT2D eigenvalue weighted by Gasteiger charge is -2.15. The number of nitrogens with one attached hydrogen (secondary N) is 1. The summed E-state index contributed by atoms with van der Waals surface area (Å²) in [6.45, 7) is 2.29. The van der Waals surface area contributed by atoms with Crippen LogP contribution in [-0.4, -0.2) is 46.2 Å². The number of thioether (sulfide) groups is 1. The van der Waals surface area contributed by atoms with Gasteiger partial charge in [-0.1, -0.05) is 0 Å². The number of carbonyl (C=O) groups is 1. The van der Waals surface area contributed by atoms with E-state index in [0.29, 0.717) is 30.5 Å². The molecule has 148 valence electrons. The molecule has 1 aliphatic heterocycles. The molecule has 1 fully saturated rings. The highest BCUT2D eigenvalue weighted by Gasteiger charge is 2.25. The monoisotopic (exact) mass is 428 g/mol. The van der Waals surface area contributed by atoms with Gasteiger partial charge in [-0.25, -0.2) is 4.98 Å². The second-order valence-electron chi connectivity index (χ2n) is 7.08. The van der Waals surface area contributed by atoms with Gasteiger partial charge in [0.05, 0.1) is 11.1 Å². The van der Waals surface area contributed by atoms with E-state index in [2.05, 4.69) is 9.97 Å². The van der Waals surface area contributed by atoms with Crippen LogP contribution < -0.4 is 11.3 Å².